The molecule has 1 amide bonds. The largest absolute Gasteiger partial charge is 0.478 e. The van der Waals surface area contributed by atoms with Crippen molar-refractivity contribution >= 4 is 45.5 Å². The highest BCUT2D eigenvalue weighted by Gasteiger charge is 2.22. The topological polar surface area (TPSA) is 110 Å². The molecule has 21 heavy (non-hydrogen) atoms. The minimum atomic E-state index is -1.20. The molecule has 2 aromatic rings. The molecule has 108 valence electrons. The summed E-state index contributed by atoms with van der Waals surface area (Å²) in [6.07, 6.45) is 0. The molecule has 2 rings (SSSR count). The Morgan fingerprint density at radius 2 is 2.00 bits per heavy atom. The molecule has 0 unspecified atom stereocenters. The molecule has 9 heteroatoms. The van der Waals surface area contributed by atoms with Gasteiger partial charge in [0.15, 0.2) is 0 Å². The molecule has 0 fully saturated rings. The van der Waals surface area contributed by atoms with Crippen LogP contribution >= 0.6 is 22.9 Å². The third-order valence-corrected chi connectivity index (χ3v) is 3.59. The van der Waals surface area contributed by atoms with Crippen LogP contribution in [-0.4, -0.2) is 21.9 Å². The minimum absolute atomic E-state index is 0.0852. The van der Waals surface area contributed by atoms with Crippen molar-refractivity contribution in [3.8, 4) is 0 Å². The van der Waals surface area contributed by atoms with Crippen molar-refractivity contribution in [1.82, 2.24) is 0 Å². The molecule has 2 N–H and O–H groups in total. The summed E-state index contributed by atoms with van der Waals surface area (Å²) in [5.74, 6) is -2.00. The summed E-state index contributed by atoms with van der Waals surface area (Å²) in [6.45, 7) is 0. The van der Waals surface area contributed by atoms with Gasteiger partial charge in [0, 0.05) is 11.1 Å². The van der Waals surface area contributed by atoms with E-state index >= 15 is 0 Å². The first-order chi connectivity index (χ1) is 9.90. The first-order valence-electron chi connectivity index (χ1n) is 5.46. The lowest BCUT2D eigenvalue weighted by atomic mass is 10.1. The molecule has 0 aliphatic heterocycles. The fourth-order valence-corrected chi connectivity index (χ4v) is 2.54. The second-order valence-corrected chi connectivity index (χ2v) is 5.19. The summed E-state index contributed by atoms with van der Waals surface area (Å²) >= 11 is 6.74. The van der Waals surface area contributed by atoms with Crippen molar-refractivity contribution in [3.05, 3.63) is 55.9 Å². The lowest BCUT2D eigenvalue weighted by molar-refractivity contribution is -0.385. The van der Waals surface area contributed by atoms with Crippen molar-refractivity contribution in [2.75, 3.05) is 5.32 Å². The van der Waals surface area contributed by atoms with Gasteiger partial charge in [-0.25, -0.2) is 4.79 Å². The summed E-state index contributed by atoms with van der Waals surface area (Å²) in [4.78, 5) is 33.3. The maximum Gasteiger partial charge on any atom is 0.338 e. The van der Waals surface area contributed by atoms with Crippen LogP contribution in [0.2, 0.25) is 5.02 Å². The highest BCUT2D eigenvalue weighted by atomic mass is 35.5. The van der Waals surface area contributed by atoms with E-state index in [0.29, 0.717) is 0 Å². The van der Waals surface area contributed by atoms with Gasteiger partial charge in [-0.1, -0.05) is 11.6 Å². The molecular formula is C12H7ClN2O5S. The highest BCUT2D eigenvalue weighted by Crippen LogP contribution is 2.27. The van der Waals surface area contributed by atoms with Gasteiger partial charge < -0.3 is 10.4 Å². The standard InChI is InChI=1S/C12H7ClN2O5S/c13-6-1-2-9(15(19)20)8(5-6)10(16)14-11-7(12(17)18)3-4-21-11/h1-5H,(H,14,16)(H,17,18). The molecule has 0 aliphatic rings. The van der Waals surface area contributed by atoms with Crippen molar-refractivity contribution in [2.45, 2.75) is 0 Å². The number of hydrogen-bond donors (Lipinski definition) is 2. The fourth-order valence-electron chi connectivity index (χ4n) is 1.59. The molecule has 0 aliphatic carbocycles. The van der Waals surface area contributed by atoms with Crippen molar-refractivity contribution in [1.29, 1.82) is 0 Å². The molecule has 0 radical (unpaired) electrons. The normalized spacial score (nSPS) is 10.1. The number of halogens is 1. The maximum absolute atomic E-state index is 12.1. The third kappa shape index (κ3) is 3.18. The first-order valence-corrected chi connectivity index (χ1v) is 6.72. The van der Waals surface area contributed by atoms with E-state index in [-0.39, 0.29) is 21.2 Å². The van der Waals surface area contributed by atoms with Crippen LogP contribution in [0, 0.1) is 10.1 Å². The van der Waals surface area contributed by atoms with Gasteiger partial charge in [-0.3, -0.25) is 14.9 Å². The highest BCUT2D eigenvalue weighted by molar-refractivity contribution is 7.14. The number of carboxylic acid groups (broad SMARTS) is 1. The Labute approximate surface area is 126 Å². The van der Waals surface area contributed by atoms with Crippen LogP contribution in [0.4, 0.5) is 10.7 Å². The zero-order valence-corrected chi connectivity index (χ0v) is 11.8. The smallest absolute Gasteiger partial charge is 0.338 e. The van der Waals surface area contributed by atoms with E-state index in [0.717, 1.165) is 23.5 Å². The average molecular weight is 327 g/mol. The number of carboxylic acids is 1. The Hall–Kier alpha value is -2.45. The lowest BCUT2D eigenvalue weighted by Crippen LogP contribution is -2.15. The Morgan fingerprint density at radius 1 is 1.29 bits per heavy atom. The number of nitrogens with zero attached hydrogens (tertiary/aromatic N) is 1. The molecule has 0 bridgehead atoms. The number of amides is 1. The third-order valence-electron chi connectivity index (χ3n) is 2.52. The Balaban J connectivity index is 2.37. The number of hydrogen-bond acceptors (Lipinski definition) is 5. The van der Waals surface area contributed by atoms with Crippen molar-refractivity contribution < 1.29 is 19.6 Å². The summed E-state index contributed by atoms with van der Waals surface area (Å²) in [5.41, 5.74) is -0.736. The van der Waals surface area contributed by atoms with Crippen molar-refractivity contribution in [2.24, 2.45) is 0 Å². The lowest BCUT2D eigenvalue weighted by Gasteiger charge is -2.05. The van der Waals surface area contributed by atoms with Crippen LogP contribution in [0.1, 0.15) is 20.7 Å². The van der Waals surface area contributed by atoms with Gasteiger partial charge in [-0.05, 0) is 23.6 Å². The zero-order chi connectivity index (χ0) is 15.6. The number of carbonyl (C=O) groups is 2. The van der Waals surface area contributed by atoms with Gasteiger partial charge in [0.05, 0.1) is 10.5 Å². The van der Waals surface area contributed by atoms with Crippen LogP contribution in [0.5, 0.6) is 0 Å². The van der Waals surface area contributed by atoms with E-state index in [1.807, 2.05) is 0 Å². The van der Waals surface area contributed by atoms with Crippen LogP contribution < -0.4 is 5.32 Å². The van der Waals surface area contributed by atoms with Crippen molar-refractivity contribution in [3.63, 3.8) is 0 Å². The second-order valence-electron chi connectivity index (χ2n) is 3.84. The van der Waals surface area contributed by atoms with Crippen LogP contribution in [0.3, 0.4) is 0 Å². The number of nitro benzene ring substituents is 1. The molecule has 1 heterocycles. The number of aromatic carboxylic acids is 1. The number of nitro groups is 1. The van der Waals surface area contributed by atoms with Gasteiger partial charge in [0.1, 0.15) is 10.6 Å². The van der Waals surface area contributed by atoms with Crippen LogP contribution in [-0.2, 0) is 0 Å². The predicted molar refractivity (Wildman–Crippen MR) is 77.3 cm³/mol. The Bertz CT molecular complexity index is 743. The van der Waals surface area contributed by atoms with Gasteiger partial charge in [-0.15, -0.1) is 11.3 Å². The van der Waals surface area contributed by atoms with E-state index in [4.69, 9.17) is 16.7 Å². The van der Waals surface area contributed by atoms with E-state index in [9.17, 15) is 19.7 Å². The van der Waals surface area contributed by atoms with E-state index in [1.165, 1.54) is 17.5 Å². The molecule has 0 spiro atoms. The summed E-state index contributed by atoms with van der Waals surface area (Å²) < 4.78 is 0. The number of thiophene rings is 1. The van der Waals surface area contributed by atoms with Crippen LogP contribution in [0.25, 0.3) is 0 Å². The molecule has 1 aromatic heterocycles. The Morgan fingerprint density at radius 3 is 2.62 bits per heavy atom. The van der Waals surface area contributed by atoms with Gasteiger partial charge >= 0.3 is 5.97 Å². The van der Waals surface area contributed by atoms with E-state index in [2.05, 4.69) is 5.32 Å². The average Bonchev–Trinajstić information content (AvgIpc) is 2.86. The number of carbonyl (C=O) groups excluding carboxylic acids is 1. The first kappa shape index (κ1) is 14.9. The number of benzene rings is 1. The second kappa shape index (κ2) is 5.90. The molecule has 0 saturated carbocycles. The quantitative estimate of drug-likeness (QED) is 0.662. The SMILES string of the molecule is O=C(Nc1sccc1C(=O)O)c1cc(Cl)ccc1[N+](=O)[O-]. The monoisotopic (exact) mass is 326 g/mol. The minimum Gasteiger partial charge on any atom is -0.478 e. The summed E-state index contributed by atoms with van der Waals surface area (Å²) in [5, 5.41) is 24.0. The van der Waals surface area contributed by atoms with E-state index < -0.39 is 22.5 Å². The van der Waals surface area contributed by atoms with E-state index in [1.54, 1.807) is 0 Å². The summed E-state index contributed by atoms with van der Waals surface area (Å²) in [7, 11) is 0. The fraction of sp³-hybridized carbons (Fsp3) is 0. The Kier molecular flexibility index (Phi) is 4.20. The zero-order valence-electron chi connectivity index (χ0n) is 10.2. The molecule has 0 saturated heterocycles. The molecule has 0 atom stereocenters. The molecular weight excluding hydrogens is 320 g/mol. The maximum atomic E-state index is 12.1. The number of anilines is 1. The van der Waals surface area contributed by atoms with Gasteiger partial charge in [-0.2, -0.15) is 0 Å². The summed E-state index contributed by atoms with van der Waals surface area (Å²) in [6, 6.07) is 4.89. The van der Waals surface area contributed by atoms with Gasteiger partial charge in [0.25, 0.3) is 11.6 Å². The molecule has 1 aromatic carbocycles. The van der Waals surface area contributed by atoms with Gasteiger partial charge in [0.2, 0.25) is 0 Å². The number of rotatable bonds is 4. The predicted octanol–water partition coefficient (Wildman–Crippen LogP) is 3.26. The molecule has 7 nitrogen and oxygen atoms in total. The van der Waals surface area contributed by atoms with Crippen LogP contribution in [0.15, 0.2) is 29.6 Å². The number of nitrogens with one attached hydrogen (secondary N) is 1.